The summed E-state index contributed by atoms with van der Waals surface area (Å²) in [5, 5.41) is 0. The topological polar surface area (TPSA) is 74.8 Å². The van der Waals surface area contributed by atoms with Gasteiger partial charge in [-0.1, -0.05) is 24.3 Å². The van der Waals surface area contributed by atoms with Crippen LogP contribution in [-0.2, 0) is 19.2 Å². The molecule has 0 N–H and O–H groups in total. The molecule has 24 heavy (non-hydrogen) atoms. The van der Waals surface area contributed by atoms with Crippen molar-refractivity contribution in [1.29, 1.82) is 0 Å². The lowest BCUT2D eigenvalue weighted by molar-refractivity contribution is -0.153. The maximum absolute atomic E-state index is 12.5. The minimum absolute atomic E-state index is 0.280. The Morgan fingerprint density at radius 1 is 0.750 bits per heavy atom. The molecule has 0 aromatic heterocycles. The van der Waals surface area contributed by atoms with Crippen LogP contribution in [0.25, 0.3) is 0 Å². The van der Waals surface area contributed by atoms with Crippen LogP contribution in [0.2, 0.25) is 0 Å². The van der Waals surface area contributed by atoms with Crippen LogP contribution in [0.5, 0.6) is 0 Å². The van der Waals surface area contributed by atoms with Crippen molar-refractivity contribution in [3.63, 3.8) is 0 Å². The average Bonchev–Trinajstić information content (AvgIpc) is 2.92. The summed E-state index contributed by atoms with van der Waals surface area (Å²) >= 11 is 0. The van der Waals surface area contributed by atoms with Crippen LogP contribution in [0.3, 0.4) is 0 Å². The lowest BCUT2D eigenvalue weighted by Gasteiger charge is -2.34. The quantitative estimate of drug-likeness (QED) is 0.792. The molecule has 2 aliphatic heterocycles. The minimum atomic E-state index is -1.09. The van der Waals surface area contributed by atoms with Crippen LogP contribution in [0.1, 0.15) is 31.1 Å². The second-order valence-corrected chi connectivity index (χ2v) is 5.91. The van der Waals surface area contributed by atoms with E-state index in [4.69, 9.17) is 0 Å². The zero-order valence-electron chi connectivity index (χ0n) is 13.6. The normalized spacial score (nSPS) is 18.0. The van der Waals surface area contributed by atoms with Gasteiger partial charge in [-0.25, -0.2) is 9.80 Å². The number of amides is 4. The molecule has 2 heterocycles. The monoisotopic (exact) mass is 324 g/mol. The Bertz CT molecular complexity index is 802. The molecule has 0 fully saturated rings. The van der Waals surface area contributed by atoms with Gasteiger partial charge in [-0.2, -0.15) is 0 Å². The SMILES string of the molecule is CC1=CC(=O)N(C(c2ccccc2C)N2C(=O)C=C(C)C2=O)C1=O. The van der Waals surface area contributed by atoms with E-state index in [1.807, 2.05) is 6.07 Å². The van der Waals surface area contributed by atoms with Crippen LogP contribution in [0.4, 0.5) is 0 Å². The molecule has 1 aromatic rings. The predicted octanol–water partition coefficient (Wildman–Crippen LogP) is 1.62. The van der Waals surface area contributed by atoms with Crippen molar-refractivity contribution in [1.82, 2.24) is 9.80 Å². The summed E-state index contributed by atoms with van der Waals surface area (Å²) < 4.78 is 0. The molecule has 0 spiro atoms. The van der Waals surface area contributed by atoms with E-state index in [-0.39, 0.29) is 11.1 Å². The Morgan fingerprint density at radius 3 is 1.58 bits per heavy atom. The van der Waals surface area contributed by atoms with Crippen molar-refractivity contribution in [3.05, 3.63) is 58.7 Å². The maximum Gasteiger partial charge on any atom is 0.258 e. The van der Waals surface area contributed by atoms with Gasteiger partial charge in [-0.05, 0) is 31.9 Å². The van der Waals surface area contributed by atoms with Gasteiger partial charge in [0.1, 0.15) is 6.17 Å². The molecule has 1 aromatic carbocycles. The summed E-state index contributed by atoms with van der Waals surface area (Å²) in [6, 6.07) is 7.07. The van der Waals surface area contributed by atoms with E-state index in [0.717, 1.165) is 15.4 Å². The third-order valence-corrected chi connectivity index (χ3v) is 4.22. The van der Waals surface area contributed by atoms with E-state index < -0.39 is 29.8 Å². The third-order valence-electron chi connectivity index (χ3n) is 4.22. The summed E-state index contributed by atoms with van der Waals surface area (Å²) in [5.74, 6) is -2.07. The highest BCUT2D eigenvalue weighted by atomic mass is 16.2. The Hall–Kier alpha value is -3.02. The third kappa shape index (κ3) is 2.27. The molecule has 6 nitrogen and oxygen atoms in total. The predicted molar refractivity (Wildman–Crippen MR) is 85.1 cm³/mol. The number of imide groups is 2. The first kappa shape index (κ1) is 15.9. The van der Waals surface area contributed by atoms with Crippen LogP contribution in [-0.4, -0.2) is 33.4 Å². The molecule has 0 atom stereocenters. The molecule has 0 saturated carbocycles. The molecule has 0 unspecified atom stereocenters. The molecule has 0 aliphatic carbocycles. The number of benzene rings is 1. The highest BCUT2D eigenvalue weighted by molar-refractivity contribution is 6.19. The number of rotatable bonds is 3. The number of carbonyl (C=O) groups excluding carboxylic acids is 4. The van der Waals surface area contributed by atoms with E-state index in [9.17, 15) is 19.2 Å². The Labute approximate surface area is 139 Å². The lowest BCUT2D eigenvalue weighted by Crippen LogP contribution is -2.48. The second-order valence-electron chi connectivity index (χ2n) is 5.91. The van der Waals surface area contributed by atoms with Gasteiger partial charge in [0.15, 0.2) is 0 Å². The number of hydrogen-bond acceptors (Lipinski definition) is 4. The standard InChI is InChI=1S/C18H16N2O4/c1-10-6-4-5-7-13(10)16(19-14(21)8-11(2)17(19)23)20-15(22)9-12(3)18(20)24/h4-9,16H,1-3H3. The molecule has 4 amide bonds. The molecule has 0 saturated heterocycles. The minimum Gasteiger partial charge on any atom is -0.269 e. The van der Waals surface area contributed by atoms with Crippen molar-refractivity contribution in [3.8, 4) is 0 Å². The maximum atomic E-state index is 12.5. The summed E-state index contributed by atoms with van der Waals surface area (Å²) in [6.45, 7) is 4.87. The van der Waals surface area contributed by atoms with Crippen LogP contribution in [0, 0.1) is 6.92 Å². The van der Waals surface area contributed by atoms with E-state index >= 15 is 0 Å². The molecular weight excluding hydrogens is 308 g/mol. The summed E-state index contributed by atoms with van der Waals surface area (Å²) in [7, 11) is 0. The fourth-order valence-electron chi connectivity index (χ4n) is 2.95. The van der Waals surface area contributed by atoms with Gasteiger partial charge in [0.25, 0.3) is 23.6 Å². The Kier molecular flexibility index (Phi) is 3.67. The van der Waals surface area contributed by atoms with Gasteiger partial charge in [-0.15, -0.1) is 0 Å². The first-order valence-electron chi connectivity index (χ1n) is 7.50. The fraction of sp³-hybridized carbons (Fsp3) is 0.222. The number of carbonyl (C=O) groups is 4. The van der Waals surface area contributed by atoms with Crippen molar-refractivity contribution < 1.29 is 19.2 Å². The van der Waals surface area contributed by atoms with Gasteiger partial charge in [0, 0.05) is 23.3 Å². The molecule has 122 valence electrons. The van der Waals surface area contributed by atoms with Crippen molar-refractivity contribution in [2.75, 3.05) is 0 Å². The van der Waals surface area contributed by atoms with Gasteiger partial charge >= 0.3 is 0 Å². The Balaban J connectivity index is 2.15. The first-order valence-corrected chi connectivity index (χ1v) is 7.50. The van der Waals surface area contributed by atoms with Gasteiger partial charge in [0.05, 0.1) is 0 Å². The van der Waals surface area contributed by atoms with E-state index in [1.165, 1.54) is 26.0 Å². The second kappa shape index (κ2) is 5.56. The van der Waals surface area contributed by atoms with Crippen molar-refractivity contribution >= 4 is 23.6 Å². The Morgan fingerprint density at radius 2 is 1.21 bits per heavy atom. The highest BCUT2D eigenvalue weighted by Crippen LogP contribution is 2.34. The van der Waals surface area contributed by atoms with Gasteiger partial charge in [0.2, 0.25) is 0 Å². The highest BCUT2D eigenvalue weighted by Gasteiger charge is 2.45. The molecule has 3 rings (SSSR count). The lowest BCUT2D eigenvalue weighted by atomic mass is 10.0. The van der Waals surface area contributed by atoms with Gasteiger partial charge < -0.3 is 0 Å². The number of nitrogens with zero attached hydrogens (tertiary/aromatic N) is 2. The van der Waals surface area contributed by atoms with Crippen LogP contribution < -0.4 is 0 Å². The number of hydrogen-bond donors (Lipinski definition) is 0. The largest absolute Gasteiger partial charge is 0.269 e. The smallest absolute Gasteiger partial charge is 0.258 e. The van der Waals surface area contributed by atoms with Crippen LogP contribution >= 0.6 is 0 Å². The molecular formula is C18H16N2O4. The molecule has 6 heteroatoms. The zero-order valence-corrected chi connectivity index (χ0v) is 13.6. The average molecular weight is 324 g/mol. The van der Waals surface area contributed by atoms with Crippen LogP contribution in [0.15, 0.2) is 47.6 Å². The zero-order chi connectivity index (χ0) is 17.6. The van der Waals surface area contributed by atoms with Crippen molar-refractivity contribution in [2.45, 2.75) is 26.9 Å². The molecule has 2 aliphatic rings. The number of aryl methyl sites for hydroxylation is 1. The summed E-state index contributed by atoms with van der Waals surface area (Å²) in [6.07, 6.45) is 1.35. The first-order chi connectivity index (χ1) is 11.3. The summed E-state index contributed by atoms with van der Waals surface area (Å²) in [4.78, 5) is 51.5. The van der Waals surface area contributed by atoms with Crippen molar-refractivity contribution in [2.24, 2.45) is 0 Å². The van der Waals surface area contributed by atoms with E-state index in [2.05, 4.69) is 0 Å². The molecule has 0 radical (unpaired) electrons. The van der Waals surface area contributed by atoms with Gasteiger partial charge in [-0.3, -0.25) is 19.2 Å². The molecule has 0 bridgehead atoms. The van der Waals surface area contributed by atoms with E-state index in [0.29, 0.717) is 5.56 Å². The van der Waals surface area contributed by atoms with E-state index in [1.54, 1.807) is 25.1 Å². The fourth-order valence-corrected chi connectivity index (χ4v) is 2.95. The summed E-state index contributed by atoms with van der Waals surface area (Å²) in [5.41, 5.74) is 1.90.